The molecule has 2 fully saturated rings. The van der Waals surface area contributed by atoms with E-state index >= 15 is 0 Å². The maximum Gasteiger partial charge on any atom is 0.227 e. The van der Waals surface area contributed by atoms with Gasteiger partial charge in [0, 0.05) is 25.6 Å². The third kappa shape index (κ3) is 3.47. The minimum absolute atomic E-state index is 0.266. The molecule has 0 radical (unpaired) electrons. The fraction of sp³-hybridized carbons (Fsp3) is 0.688. The molecule has 0 bridgehead atoms. The molecule has 0 N–H and O–H groups in total. The van der Waals surface area contributed by atoms with Gasteiger partial charge in [-0.2, -0.15) is 11.3 Å². The predicted molar refractivity (Wildman–Crippen MR) is 84.5 cm³/mol. The van der Waals surface area contributed by atoms with Crippen molar-refractivity contribution in [1.29, 1.82) is 0 Å². The number of amides is 1. The van der Waals surface area contributed by atoms with Gasteiger partial charge < -0.3 is 14.5 Å². The van der Waals surface area contributed by atoms with Crippen LogP contribution in [0.3, 0.4) is 0 Å². The van der Waals surface area contributed by atoms with E-state index in [1.165, 1.54) is 0 Å². The monoisotopic (exact) mass is 308 g/mol. The fourth-order valence-electron chi connectivity index (χ4n) is 3.48. The van der Waals surface area contributed by atoms with Gasteiger partial charge in [-0.1, -0.05) is 0 Å². The Morgan fingerprint density at radius 1 is 1.52 bits per heavy atom. The van der Waals surface area contributed by atoms with Crippen molar-refractivity contribution in [2.75, 3.05) is 40.3 Å². The molecule has 3 heterocycles. The van der Waals surface area contributed by atoms with Gasteiger partial charge >= 0.3 is 0 Å². The number of hydrogen-bond acceptors (Lipinski definition) is 4. The Morgan fingerprint density at radius 2 is 2.38 bits per heavy atom. The van der Waals surface area contributed by atoms with Crippen LogP contribution in [0.2, 0.25) is 0 Å². The fourth-order valence-corrected chi connectivity index (χ4v) is 4.15. The highest BCUT2D eigenvalue weighted by Gasteiger charge is 2.41. The second-order valence-corrected chi connectivity index (χ2v) is 7.27. The van der Waals surface area contributed by atoms with Gasteiger partial charge in [0.2, 0.25) is 5.91 Å². The van der Waals surface area contributed by atoms with Crippen LogP contribution in [-0.4, -0.2) is 62.1 Å². The molecular formula is C16H24N2O2S. The van der Waals surface area contributed by atoms with Crippen LogP contribution in [0.15, 0.2) is 16.8 Å². The standard InChI is InChI=1S/C16H24N2O2S/c1-17(2)9-15-14-8-18(5-3-13(14)10-20-15)16(19)7-12-4-6-21-11-12/h4,6,11,13-15H,3,5,7-10H2,1-2H3/t13-,14-,15+/m1/s1. The van der Waals surface area contributed by atoms with Crippen molar-refractivity contribution in [3.05, 3.63) is 22.4 Å². The number of carbonyl (C=O) groups excluding carboxylic acids is 1. The second kappa shape index (κ2) is 6.46. The van der Waals surface area contributed by atoms with E-state index in [1.54, 1.807) is 11.3 Å². The minimum Gasteiger partial charge on any atom is -0.376 e. The molecule has 5 heteroatoms. The lowest BCUT2D eigenvalue weighted by Crippen LogP contribution is -2.47. The molecule has 0 saturated carbocycles. The molecule has 3 rings (SSSR count). The van der Waals surface area contributed by atoms with Crippen molar-refractivity contribution in [3.8, 4) is 0 Å². The first-order chi connectivity index (χ1) is 10.1. The largest absolute Gasteiger partial charge is 0.376 e. The minimum atomic E-state index is 0.266. The van der Waals surface area contributed by atoms with Crippen molar-refractivity contribution in [2.24, 2.45) is 11.8 Å². The van der Waals surface area contributed by atoms with Gasteiger partial charge in [-0.15, -0.1) is 0 Å². The SMILES string of the molecule is CN(C)C[C@@H]1OC[C@H]2CCN(C(=O)Cc3ccsc3)C[C@H]21. The van der Waals surface area contributed by atoms with Crippen LogP contribution in [0.25, 0.3) is 0 Å². The number of nitrogens with zero attached hydrogens (tertiary/aromatic N) is 2. The number of ether oxygens (including phenoxy) is 1. The van der Waals surface area contributed by atoms with Crippen LogP contribution in [0, 0.1) is 11.8 Å². The van der Waals surface area contributed by atoms with E-state index in [0.29, 0.717) is 18.3 Å². The average molecular weight is 308 g/mol. The van der Waals surface area contributed by atoms with Crippen molar-refractivity contribution >= 4 is 17.2 Å². The second-order valence-electron chi connectivity index (χ2n) is 6.49. The molecule has 1 amide bonds. The Labute approximate surface area is 130 Å². The molecule has 0 unspecified atom stereocenters. The molecule has 2 aliphatic rings. The summed E-state index contributed by atoms with van der Waals surface area (Å²) in [6.07, 6.45) is 1.91. The quantitative estimate of drug-likeness (QED) is 0.849. The summed E-state index contributed by atoms with van der Waals surface area (Å²) in [6, 6.07) is 2.04. The predicted octanol–water partition coefficient (Wildman–Crippen LogP) is 1.72. The molecule has 1 aromatic heterocycles. The van der Waals surface area contributed by atoms with Gasteiger partial charge in [0.15, 0.2) is 0 Å². The third-order valence-electron chi connectivity index (χ3n) is 4.64. The highest BCUT2D eigenvalue weighted by Crippen LogP contribution is 2.34. The molecular weight excluding hydrogens is 284 g/mol. The highest BCUT2D eigenvalue weighted by molar-refractivity contribution is 7.07. The lowest BCUT2D eigenvalue weighted by molar-refractivity contribution is -0.133. The Bertz CT molecular complexity index is 475. The Kier molecular flexibility index (Phi) is 4.62. The van der Waals surface area contributed by atoms with Crippen LogP contribution < -0.4 is 0 Å². The van der Waals surface area contributed by atoms with E-state index in [0.717, 1.165) is 38.2 Å². The van der Waals surface area contributed by atoms with Gasteiger partial charge in [0.25, 0.3) is 0 Å². The van der Waals surface area contributed by atoms with Crippen LogP contribution in [0.1, 0.15) is 12.0 Å². The Morgan fingerprint density at radius 3 is 3.10 bits per heavy atom. The topological polar surface area (TPSA) is 32.8 Å². The molecule has 0 spiro atoms. The van der Waals surface area contributed by atoms with Crippen LogP contribution >= 0.6 is 11.3 Å². The number of likely N-dealkylation sites (tertiary alicyclic amines) is 1. The number of likely N-dealkylation sites (N-methyl/N-ethyl adjacent to an activating group) is 1. The summed E-state index contributed by atoms with van der Waals surface area (Å²) in [4.78, 5) is 16.7. The van der Waals surface area contributed by atoms with E-state index in [-0.39, 0.29) is 12.0 Å². The number of carbonyl (C=O) groups is 1. The number of thiophene rings is 1. The van der Waals surface area contributed by atoms with Gasteiger partial charge in [-0.05, 0) is 48.8 Å². The van der Waals surface area contributed by atoms with Crippen LogP contribution in [0.5, 0.6) is 0 Å². The summed E-state index contributed by atoms with van der Waals surface area (Å²) in [5.41, 5.74) is 1.14. The van der Waals surface area contributed by atoms with Crippen molar-refractivity contribution in [1.82, 2.24) is 9.80 Å². The van der Waals surface area contributed by atoms with Gasteiger partial charge in [-0.3, -0.25) is 4.79 Å². The molecule has 4 nitrogen and oxygen atoms in total. The van der Waals surface area contributed by atoms with Gasteiger partial charge in [0.05, 0.1) is 19.1 Å². The first kappa shape index (κ1) is 15.0. The number of hydrogen-bond donors (Lipinski definition) is 0. The summed E-state index contributed by atoms with van der Waals surface area (Å²) in [7, 11) is 4.16. The van der Waals surface area contributed by atoms with E-state index in [1.807, 2.05) is 11.4 Å². The summed E-state index contributed by atoms with van der Waals surface area (Å²) >= 11 is 1.65. The van der Waals surface area contributed by atoms with Crippen molar-refractivity contribution in [2.45, 2.75) is 18.9 Å². The Balaban J connectivity index is 1.60. The highest BCUT2D eigenvalue weighted by atomic mass is 32.1. The molecule has 0 aromatic carbocycles. The molecule has 1 aromatic rings. The Hall–Kier alpha value is -0.910. The molecule has 116 valence electrons. The summed E-state index contributed by atoms with van der Waals surface area (Å²) in [5, 5.41) is 4.10. The summed E-state index contributed by atoms with van der Waals surface area (Å²) in [5.74, 6) is 1.41. The van der Waals surface area contributed by atoms with Crippen molar-refractivity contribution < 1.29 is 9.53 Å². The van der Waals surface area contributed by atoms with Gasteiger partial charge in [0.1, 0.15) is 0 Å². The lowest BCUT2D eigenvalue weighted by Gasteiger charge is -2.36. The van der Waals surface area contributed by atoms with Crippen LogP contribution in [-0.2, 0) is 16.0 Å². The van der Waals surface area contributed by atoms with E-state index < -0.39 is 0 Å². The molecule has 3 atom stereocenters. The average Bonchev–Trinajstić information content (AvgIpc) is 3.08. The van der Waals surface area contributed by atoms with E-state index in [4.69, 9.17) is 4.74 Å². The van der Waals surface area contributed by atoms with Crippen LogP contribution in [0.4, 0.5) is 0 Å². The normalized spacial score (nSPS) is 28.9. The molecule has 2 saturated heterocycles. The maximum absolute atomic E-state index is 12.5. The van der Waals surface area contributed by atoms with E-state index in [9.17, 15) is 4.79 Å². The molecule has 21 heavy (non-hydrogen) atoms. The first-order valence-electron chi connectivity index (χ1n) is 7.68. The summed E-state index contributed by atoms with van der Waals surface area (Å²) < 4.78 is 5.97. The van der Waals surface area contributed by atoms with E-state index in [2.05, 4.69) is 29.3 Å². The number of piperidine rings is 1. The van der Waals surface area contributed by atoms with Crippen molar-refractivity contribution in [3.63, 3.8) is 0 Å². The first-order valence-corrected chi connectivity index (χ1v) is 8.63. The number of fused-ring (bicyclic) bond motifs is 1. The zero-order chi connectivity index (χ0) is 14.8. The maximum atomic E-state index is 12.5. The lowest BCUT2D eigenvalue weighted by atomic mass is 9.84. The zero-order valence-corrected chi connectivity index (χ0v) is 13.6. The third-order valence-corrected chi connectivity index (χ3v) is 5.37. The summed E-state index contributed by atoms with van der Waals surface area (Å²) in [6.45, 7) is 3.58. The molecule has 0 aliphatic carbocycles. The number of rotatable bonds is 4. The smallest absolute Gasteiger partial charge is 0.227 e. The molecule has 2 aliphatic heterocycles. The zero-order valence-electron chi connectivity index (χ0n) is 12.8. The van der Waals surface area contributed by atoms with Gasteiger partial charge in [-0.25, -0.2) is 0 Å².